The Morgan fingerprint density at radius 3 is 2.80 bits per heavy atom. The quantitative estimate of drug-likeness (QED) is 0.725. The summed E-state index contributed by atoms with van der Waals surface area (Å²) in [4.78, 5) is 14.4. The van der Waals surface area contributed by atoms with Crippen LogP contribution in [0.3, 0.4) is 0 Å². The van der Waals surface area contributed by atoms with Crippen LogP contribution in [0.25, 0.3) is 0 Å². The number of amides is 1. The number of piperidine rings is 1. The van der Waals surface area contributed by atoms with Gasteiger partial charge in [-0.15, -0.1) is 0 Å². The van der Waals surface area contributed by atoms with Crippen molar-refractivity contribution in [3.8, 4) is 0 Å². The van der Waals surface area contributed by atoms with Gasteiger partial charge in [0.25, 0.3) is 0 Å². The average molecular weight is 228 g/mol. The Balaban J connectivity index is 1.92. The Morgan fingerprint density at radius 2 is 2.13 bits per heavy atom. The summed E-state index contributed by atoms with van der Waals surface area (Å²) >= 11 is 1.96. The number of carbonyl (C=O) groups excluding carboxylic acids is 1. The second-order valence-corrected chi connectivity index (χ2v) is 5.63. The fourth-order valence-corrected chi connectivity index (χ4v) is 3.37. The molecule has 0 radical (unpaired) electrons. The molecule has 0 saturated carbocycles. The fraction of sp³-hybridized carbons (Fsp3) is 0.909. The highest BCUT2D eigenvalue weighted by Gasteiger charge is 2.30. The second-order valence-electron chi connectivity index (χ2n) is 4.48. The monoisotopic (exact) mass is 228 g/mol. The van der Waals surface area contributed by atoms with Gasteiger partial charge < -0.3 is 10.2 Å². The van der Waals surface area contributed by atoms with Crippen LogP contribution < -0.4 is 5.32 Å². The molecule has 0 aromatic carbocycles. The summed E-state index contributed by atoms with van der Waals surface area (Å²) in [5.74, 6) is 2.92. The first-order valence-electron chi connectivity index (χ1n) is 5.88. The van der Waals surface area contributed by atoms with Gasteiger partial charge in [-0.1, -0.05) is 0 Å². The molecule has 1 unspecified atom stereocenters. The van der Waals surface area contributed by atoms with Crippen molar-refractivity contribution in [2.45, 2.75) is 25.8 Å². The predicted molar refractivity (Wildman–Crippen MR) is 64.1 cm³/mol. The van der Waals surface area contributed by atoms with E-state index in [2.05, 4.69) is 17.1 Å². The smallest absolute Gasteiger partial charge is 0.226 e. The Kier molecular flexibility index (Phi) is 3.92. The Morgan fingerprint density at radius 1 is 1.40 bits per heavy atom. The van der Waals surface area contributed by atoms with Gasteiger partial charge in [-0.3, -0.25) is 4.79 Å². The maximum absolute atomic E-state index is 12.3. The van der Waals surface area contributed by atoms with Crippen molar-refractivity contribution in [2.24, 2.45) is 5.92 Å². The lowest BCUT2D eigenvalue weighted by molar-refractivity contribution is -0.137. The third kappa shape index (κ3) is 2.67. The summed E-state index contributed by atoms with van der Waals surface area (Å²) in [5, 5.41) is 3.31. The van der Waals surface area contributed by atoms with Crippen LogP contribution in [-0.2, 0) is 4.79 Å². The van der Waals surface area contributed by atoms with Gasteiger partial charge in [0.2, 0.25) is 5.91 Å². The zero-order chi connectivity index (χ0) is 10.7. The predicted octanol–water partition coefficient (Wildman–Crippen LogP) is 0.950. The minimum Gasteiger partial charge on any atom is -0.338 e. The van der Waals surface area contributed by atoms with Crippen LogP contribution in [0, 0.1) is 5.92 Å². The first kappa shape index (κ1) is 11.3. The molecule has 4 heteroatoms. The van der Waals surface area contributed by atoms with Crippen LogP contribution in [0.5, 0.6) is 0 Å². The SMILES string of the molecule is CC1CSCCN1C(=O)C1CCNCC1. The van der Waals surface area contributed by atoms with Crippen molar-refractivity contribution in [3.05, 3.63) is 0 Å². The second kappa shape index (κ2) is 5.21. The zero-order valence-corrected chi connectivity index (χ0v) is 10.2. The van der Waals surface area contributed by atoms with Crippen molar-refractivity contribution in [2.75, 3.05) is 31.1 Å². The summed E-state index contributed by atoms with van der Waals surface area (Å²) in [6, 6.07) is 0.436. The number of hydrogen-bond donors (Lipinski definition) is 1. The van der Waals surface area contributed by atoms with Crippen molar-refractivity contribution in [1.82, 2.24) is 10.2 Å². The Labute approximate surface area is 96.0 Å². The molecule has 2 rings (SSSR count). The molecule has 0 aliphatic carbocycles. The summed E-state index contributed by atoms with van der Waals surface area (Å²) in [6.45, 7) is 5.14. The highest BCUT2D eigenvalue weighted by molar-refractivity contribution is 7.99. The van der Waals surface area contributed by atoms with Crippen LogP contribution in [-0.4, -0.2) is 48.0 Å². The van der Waals surface area contributed by atoms with E-state index in [1.165, 1.54) is 0 Å². The molecule has 0 bridgehead atoms. The lowest BCUT2D eigenvalue weighted by Crippen LogP contribution is -2.48. The Hall–Kier alpha value is -0.220. The molecule has 0 aromatic heterocycles. The van der Waals surface area contributed by atoms with Crippen LogP contribution in [0.4, 0.5) is 0 Å². The fourth-order valence-electron chi connectivity index (χ4n) is 2.36. The van der Waals surface area contributed by atoms with Gasteiger partial charge in [0, 0.05) is 30.0 Å². The molecule has 1 atom stereocenters. The first-order chi connectivity index (χ1) is 7.29. The summed E-state index contributed by atoms with van der Waals surface area (Å²) in [7, 11) is 0. The Bertz CT molecular complexity index is 229. The van der Waals surface area contributed by atoms with Crippen molar-refractivity contribution in [3.63, 3.8) is 0 Å². The molecule has 15 heavy (non-hydrogen) atoms. The van der Waals surface area contributed by atoms with E-state index in [0.29, 0.717) is 11.9 Å². The molecular formula is C11H20N2OS. The van der Waals surface area contributed by atoms with Crippen LogP contribution in [0.2, 0.25) is 0 Å². The van der Waals surface area contributed by atoms with Crippen molar-refractivity contribution < 1.29 is 4.79 Å². The lowest BCUT2D eigenvalue weighted by atomic mass is 9.96. The van der Waals surface area contributed by atoms with E-state index < -0.39 is 0 Å². The molecule has 1 N–H and O–H groups in total. The summed E-state index contributed by atoms with van der Waals surface area (Å²) < 4.78 is 0. The maximum Gasteiger partial charge on any atom is 0.226 e. The zero-order valence-electron chi connectivity index (χ0n) is 9.37. The number of nitrogens with one attached hydrogen (secondary N) is 1. The standard InChI is InChI=1S/C11H20N2OS/c1-9-8-15-7-6-13(9)11(14)10-2-4-12-5-3-10/h9-10,12H,2-8H2,1H3. The van der Waals surface area contributed by atoms with Crippen molar-refractivity contribution >= 4 is 17.7 Å². The molecule has 2 aliphatic heterocycles. The van der Waals surface area contributed by atoms with E-state index in [4.69, 9.17) is 0 Å². The molecular weight excluding hydrogens is 208 g/mol. The first-order valence-corrected chi connectivity index (χ1v) is 7.03. The third-order valence-corrected chi connectivity index (χ3v) is 4.53. The van der Waals surface area contributed by atoms with E-state index in [0.717, 1.165) is 44.0 Å². The molecule has 1 amide bonds. The molecule has 2 fully saturated rings. The average Bonchev–Trinajstić information content (AvgIpc) is 2.30. The van der Waals surface area contributed by atoms with Gasteiger partial charge in [0.15, 0.2) is 0 Å². The van der Waals surface area contributed by atoms with Gasteiger partial charge in [0.05, 0.1) is 0 Å². The topological polar surface area (TPSA) is 32.3 Å². The number of thioether (sulfide) groups is 1. The van der Waals surface area contributed by atoms with Crippen LogP contribution in [0.1, 0.15) is 19.8 Å². The third-order valence-electron chi connectivity index (χ3n) is 3.34. The van der Waals surface area contributed by atoms with E-state index >= 15 is 0 Å². The number of nitrogens with zero attached hydrogens (tertiary/aromatic N) is 1. The highest BCUT2D eigenvalue weighted by atomic mass is 32.2. The molecule has 2 heterocycles. The van der Waals surface area contributed by atoms with E-state index in [-0.39, 0.29) is 5.92 Å². The normalized spacial score (nSPS) is 29.1. The largest absolute Gasteiger partial charge is 0.338 e. The number of carbonyl (C=O) groups is 1. The van der Waals surface area contributed by atoms with Gasteiger partial charge >= 0.3 is 0 Å². The molecule has 0 aromatic rings. The van der Waals surface area contributed by atoms with E-state index in [9.17, 15) is 4.79 Å². The van der Waals surface area contributed by atoms with E-state index in [1.54, 1.807) is 0 Å². The van der Waals surface area contributed by atoms with Gasteiger partial charge in [0.1, 0.15) is 0 Å². The summed E-state index contributed by atoms with van der Waals surface area (Å²) in [5.41, 5.74) is 0. The number of hydrogen-bond acceptors (Lipinski definition) is 3. The maximum atomic E-state index is 12.3. The van der Waals surface area contributed by atoms with Crippen LogP contribution >= 0.6 is 11.8 Å². The lowest BCUT2D eigenvalue weighted by Gasteiger charge is -2.36. The highest BCUT2D eigenvalue weighted by Crippen LogP contribution is 2.21. The van der Waals surface area contributed by atoms with Gasteiger partial charge in [-0.25, -0.2) is 0 Å². The van der Waals surface area contributed by atoms with Crippen molar-refractivity contribution in [1.29, 1.82) is 0 Å². The van der Waals surface area contributed by atoms with Crippen LogP contribution in [0.15, 0.2) is 0 Å². The molecule has 3 nitrogen and oxygen atoms in total. The minimum atomic E-state index is 0.289. The van der Waals surface area contributed by atoms with E-state index in [1.807, 2.05) is 11.8 Å². The number of rotatable bonds is 1. The molecule has 86 valence electrons. The molecule has 2 aliphatic rings. The molecule has 2 saturated heterocycles. The summed E-state index contributed by atoms with van der Waals surface area (Å²) in [6.07, 6.45) is 2.05. The van der Waals surface area contributed by atoms with Gasteiger partial charge in [-0.2, -0.15) is 11.8 Å². The minimum absolute atomic E-state index is 0.289. The molecule has 0 spiro atoms. The van der Waals surface area contributed by atoms with Gasteiger partial charge in [-0.05, 0) is 32.9 Å².